The minimum atomic E-state index is 0.203. The van der Waals surface area contributed by atoms with Gasteiger partial charge in [-0.2, -0.15) is 0 Å². The van der Waals surface area contributed by atoms with Crippen LogP contribution in [0, 0.1) is 5.41 Å². The Hall–Kier alpha value is -1.11. The van der Waals surface area contributed by atoms with Crippen molar-refractivity contribution in [3.63, 3.8) is 0 Å². The third kappa shape index (κ3) is 2.41. The van der Waals surface area contributed by atoms with Gasteiger partial charge in [0.1, 0.15) is 0 Å². The maximum atomic E-state index is 7.46. The van der Waals surface area contributed by atoms with E-state index < -0.39 is 0 Å². The third-order valence-electron chi connectivity index (χ3n) is 2.18. The van der Waals surface area contributed by atoms with Crippen LogP contribution in [-0.2, 0) is 5.41 Å². The zero-order valence-corrected chi connectivity index (χ0v) is 8.81. The summed E-state index contributed by atoms with van der Waals surface area (Å²) in [7, 11) is 0. The molecule has 70 valence electrons. The van der Waals surface area contributed by atoms with Gasteiger partial charge in [-0.3, -0.25) is 0 Å². The molecule has 0 spiro atoms. The molecule has 1 aromatic carbocycles. The van der Waals surface area contributed by atoms with E-state index in [1.165, 1.54) is 5.56 Å². The topological polar surface area (TPSA) is 23.9 Å². The highest BCUT2D eigenvalue weighted by Crippen LogP contribution is 2.22. The fraction of sp³-hybridized carbons (Fsp3) is 0.417. The van der Waals surface area contributed by atoms with E-state index in [-0.39, 0.29) is 5.41 Å². The Balaban J connectivity index is 3.01. The van der Waals surface area contributed by atoms with E-state index >= 15 is 0 Å². The number of hydrogen-bond donors (Lipinski definition) is 1. The summed E-state index contributed by atoms with van der Waals surface area (Å²) in [6.45, 7) is 8.39. The van der Waals surface area contributed by atoms with Gasteiger partial charge in [0.05, 0.1) is 0 Å². The Morgan fingerprint density at radius 2 is 1.54 bits per heavy atom. The SMILES string of the molecule is CC(=N)c1ccc(C(C)(C)C)cc1. The van der Waals surface area contributed by atoms with Crippen LogP contribution < -0.4 is 0 Å². The highest BCUT2D eigenvalue weighted by atomic mass is 14.4. The molecule has 0 saturated heterocycles. The standard InChI is InChI=1S/C12H17N/c1-9(13)10-5-7-11(8-6-10)12(2,3)4/h5-8,13H,1-4H3. The van der Waals surface area contributed by atoms with E-state index in [9.17, 15) is 0 Å². The number of benzene rings is 1. The first-order valence-electron chi connectivity index (χ1n) is 4.57. The summed E-state index contributed by atoms with van der Waals surface area (Å²) in [6.07, 6.45) is 0. The molecular weight excluding hydrogens is 158 g/mol. The summed E-state index contributed by atoms with van der Waals surface area (Å²) in [5, 5.41) is 7.46. The lowest BCUT2D eigenvalue weighted by Crippen LogP contribution is -2.10. The monoisotopic (exact) mass is 175 g/mol. The van der Waals surface area contributed by atoms with Crippen molar-refractivity contribution in [2.45, 2.75) is 33.1 Å². The van der Waals surface area contributed by atoms with Gasteiger partial charge in [0.25, 0.3) is 0 Å². The van der Waals surface area contributed by atoms with Crippen molar-refractivity contribution in [2.75, 3.05) is 0 Å². The molecule has 13 heavy (non-hydrogen) atoms. The van der Waals surface area contributed by atoms with Crippen LogP contribution in [0.2, 0.25) is 0 Å². The molecule has 1 aromatic rings. The second kappa shape index (κ2) is 3.33. The van der Waals surface area contributed by atoms with Crippen LogP contribution in [0.5, 0.6) is 0 Å². The van der Waals surface area contributed by atoms with E-state index in [2.05, 4.69) is 32.9 Å². The molecular formula is C12H17N. The fourth-order valence-electron chi connectivity index (χ4n) is 1.22. The molecule has 0 fully saturated rings. The molecule has 1 N–H and O–H groups in total. The molecule has 0 atom stereocenters. The van der Waals surface area contributed by atoms with Crippen molar-refractivity contribution in [2.24, 2.45) is 0 Å². The van der Waals surface area contributed by atoms with Gasteiger partial charge < -0.3 is 5.41 Å². The van der Waals surface area contributed by atoms with Crippen molar-refractivity contribution in [1.29, 1.82) is 5.41 Å². The maximum absolute atomic E-state index is 7.46. The zero-order chi connectivity index (χ0) is 10.1. The van der Waals surface area contributed by atoms with Crippen molar-refractivity contribution in [1.82, 2.24) is 0 Å². The second-order valence-corrected chi connectivity index (χ2v) is 4.45. The zero-order valence-electron chi connectivity index (χ0n) is 8.81. The average Bonchev–Trinajstić information content (AvgIpc) is 2.03. The summed E-state index contributed by atoms with van der Waals surface area (Å²) in [6, 6.07) is 8.24. The molecule has 1 rings (SSSR count). The molecule has 0 radical (unpaired) electrons. The molecule has 0 aliphatic heterocycles. The maximum Gasteiger partial charge on any atom is 0.0355 e. The van der Waals surface area contributed by atoms with E-state index in [0.29, 0.717) is 5.71 Å². The Labute approximate surface area is 80.3 Å². The molecule has 0 unspecified atom stereocenters. The molecule has 0 saturated carbocycles. The van der Waals surface area contributed by atoms with Gasteiger partial charge in [0.2, 0.25) is 0 Å². The largest absolute Gasteiger partial charge is 0.305 e. The molecule has 0 aliphatic carbocycles. The Kier molecular flexibility index (Phi) is 2.55. The Morgan fingerprint density at radius 1 is 1.08 bits per heavy atom. The lowest BCUT2D eigenvalue weighted by molar-refractivity contribution is 0.590. The first-order chi connectivity index (χ1) is 5.91. The highest BCUT2D eigenvalue weighted by Gasteiger charge is 2.12. The highest BCUT2D eigenvalue weighted by molar-refractivity contribution is 5.96. The van der Waals surface area contributed by atoms with E-state index in [0.717, 1.165) is 5.56 Å². The Morgan fingerprint density at radius 3 is 1.85 bits per heavy atom. The normalized spacial score (nSPS) is 11.4. The van der Waals surface area contributed by atoms with Crippen molar-refractivity contribution >= 4 is 5.71 Å². The molecule has 0 aromatic heterocycles. The van der Waals surface area contributed by atoms with Gasteiger partial charge in [-0.15, -0.1) is 0 Å². The summed E-state index contributed by atoms with van der Waals surface area (Å²) in [5.41, 5.74) is 3.15. The third-order valence-corrected chi connectivity index (χ3v) is 2.18. The minimum absolute atomic E-state index is 0.203. The quantitative estimate of drug-likeness (QED) is 0.633. The van der Waals surface area contributed by atoms with E-state index in [1.807, 2.05) is 19.1 Å². The second-order valence-electron chi connectivity index (χ2n) is 4.45. The van der Waals surface area contributed by atoms with Crippen LogP contribution in [0.3, 0.4) is 0 Å². The van der Waals surface area contributed by atoms with Crippen molar-refractivity contribution < 1.29 is 0 Å². The van der Waals surface area contributed by atoms with E-state index in [1.54, 1.807) is 0 Å². The molecule has 0 bridgehead atoms. The molecule has 0 aliphatic rings. The van der Waals surface area contributed by atoms with Gasteiger partial charge in [0.15, 0.2) is 0 Å². The molecule has 0 amide bonds. The number of rotatable bonds is 1. The van der Waals surface area contributed by atoms with Crippen LogP contribution in [0.25, 0.3) is 0 Å². The predicted molar refractivity (Wildman–Crippen MR) is 57.6 cm³/mol. The number of nitrogens with one attached hydrogen (secondary N) is 1. The summed E-state index contributed by atoms with van der Waals surface area (Å²) >= 11 is 0. The van der Waals surface area contributed by atoms with Crippen LogP contribution in [0.1, 0.15) is 38.8 Å². The summed E-state index contributed by atoms with van der Waals surface area (Å²) < 4.78 is 0. The first kappa shape index (κ1) is 9.97. The summed E-state index contributed by atoms with van der Waals surface area (Å²) in [4.78, 5) is 0. The van der Waals surface area contributed by atoms with Crippen LogP contribution in [0.15, 0.2) is 24.3 Å². The van der Waals surface area contributed by atoms with Crippen LogP contribution in [0.4, 0.5) is 0 Å². The van der Waals surface area contributed by atoms with Gasteiger partial charge in [0, 0.05) is 5.71 Å². The van der Waals surface area contributed by atoms with Gasteiger partial charge >= 0.3 is 0 Å². The minimum Gasteiger partial charge on any atom is -0.305 e. The Bertz CT molecular complexity index is 301. The average molecular weight is 175 g/mol. The fourth-order valence-corrected chi connectivity index (χ4v) is 1.22. The lowest BCUT2D eigenvalue weighted by atomic mass is 9.86. The lowest BCUT2D eigenvalue weighted by Gasteiger charge is -2.18. The smallest absolute Gasteiger partial charge is 0.0355 e. The van der Waals surface area contributed by atoms with Gasteiger partial charge in [-0.1, -0.05) is 45.0 Å². The van der Waals surface area contributed by atoms with Crippen molar-refractivity contribution in [3.05, 3.63) is 35.4 Å². The van der Waals surface area contributed by atoms with Gasteiger partial charge in [-0.25, -0.2) is 0 Å². The number of hydrogen-bond acceptors (Lipinski definition) is 1. The molecule has 0 heterocycles. The van der Waals surface area contributed by atoms with Crippen LogP contribution in [-0.4, -0.2) is 5.71 Å². The van der Waals surface area contributed by atoms with Gasteiger partial charge in [-0.05, 0) is 23.5 Å². The summed E-state index contributed by atoms with van der Waals surface area (Å²) in [5.74, 6) is 0. The van der Waals surface area contributed by atoms with Crippen molar-refractivity contribution in [3.8, 4) is 0 Å². The first-order valence-corrected chi connectivity index (χ1v) is 4.57. The molecule has 1 nitrogen and oxygen atoms in total. The molecule has 1 heteroatoms. The van der Waals surface area contributed by atoms with Crippen LogP contribution >= 0.6 is 0 Å². The predicted octanol–water partition coefficient (Wildman–Crippen LogP) is 3.37. The van der Waals surface area contributed by atoms with E-state index in [4.69, 9.17) is 5.41 Å².